The fourth-order valence-electron chi connectivity index (χ4n) is 1.52. The van der Waals surface area contributed by atoms with Gasteiger partial charge in [0.2, 0.25) is 6.41 Å². The van der Waals surface area contributed by atoms with Crippen LogP contribution < -0.4 is 0 Å². The van der Waals surface area contributed by atoms with E-state index in [4.69, 9.17) is 0 Å². The first-order valence-corrected chi connectivity index (χ1v) is 7.04. The number of amides is 1. The Balaban J connectivity index is 0. The molecule has 1 aliphatic heterocycles. The van der Waals surface area contributed by atoms with Crippen molar-refractivity contribution in [2.75, 3.05) is 13.1 Å². The molecule has 1 saturated heterocycles. The maximum atomic E-state index is 9.93. The Morgan fingerprint density at radius 3 is 1.62 bits per heavy atom. The molecule has 2 nitrogen and oxygen atoms in total. The van der Waals surface area contributed by atoms with E-state index in [0.29, 0.717) is 0 Å². The number of rotatable bonds is 5. The summed E-state index contributed by atoms with van der Waals surface area (Å²) in [6.45, 7) is 10.4. The lowest BCUT2D eigenvalue weighted by atomic mass is 10.2. The van der Waals surface area contributed by atoms with Gasteiger partial charge in [-0.15, -0.1) is 0 Å². The maximum absolute atomic E-state index is 9.93. The van der Waals surface area contributed by atoms with Gasteiger partial charge < -0.3 is 4.90 Å². The highest BCUT2D eigenvalue weighted by atomic mass is 16.1. The van der Waals surface area contributed by atoms with Crippen molar-refractivity contribution in [2.45, 2.75) is 72.6 Å². The first-order chi connectivity index (χ1) is 7.85. The quantitative estimate of drug-likeness (QED) is 0.510. The predicted molar refractivity (Wildman–Crippen MR) is 72.7 cm³/mol. The Bertz CT molecular complexity index is 116. The van der Waals surface area contributed by atoms with E-state index in [-0.39, 0.29) is 0 Å². The molecule has 1 heterocycles. The van der Waals surface area contributed by atoms with E-state index in [1.54, 1.807) is 4.90 Å². The van der Waals surface area contributed by atoms with Crippen LogP contribution >= 0.6 is 0 Å². The van der Waals surface area contributed by atoms with Crippen LogP contribution in [0.25, 0.3) is 0 Å². The number of likely N-dealkylation sites (tertiary alicyclic amines) is 1. The number of hydrogen-bond donors (Lipinski definition) is 0. The minimum Gasteiger partial charge on any atom is -0.345 e. The zero-order chi connectivity index (χ0) is 12.6. The smallest absolute Gasteiger partial charge is 0.209 e. The maximum Gasteiger partial charge on any atom is 0.209 e. The van der Waals surface area contributed by atoms with Gasteiger partial charge in [0.25, 0.3) is 0 Å². The molecule has 0 aromatic rings. The second-order valence-electron chi connectivity index (χ2n) is 3.91. The summed E-state index contributed by atoms with van der Waals surface area (Å²) in [6.07, 6.45) is 10.3. The lowest BCUT2D eigenvalue weighted by molar-refractivity contribution is -0.117. The van der Waals surface area contributed by atoms with Gasteiger partial charge in [0.15, 0.2) is 0 Å². The second kappa shape index (κ2) is 16.9. The topological polar surface area (TPSA) is 20.3 Å². The average Bonchev–Trinajstić information content (AvgIpc) is 2.86. The van der Waals surface area contributed by atoms with E-state index >= 15 is 0 Å². The molecule has 98 valence electrons. The minimum atomic E-state index is 0.924. The van der Waals surface area contributed by atoms with Gasteiger partial charge in [-0.3, -0.25) is 4.79 Å². The van der Waals surface area contributed by atoms with E-state index in [0.717, 1.165) is 19.5 Å². The van der Waals surface area contributed by atoms with Crippen LogP contribution in [-0.2, 0) is 4.79 Å². The van der Waals surface area contributed by atoms with Crippen molar-refractivity contribution in [3.63, 3.8) is 0 Å². The largest absolute Gasteiger partial charge is 0.345 e. The Labute approximate surface area is 102 Å². The van der Waals surface area contributed by atoms with E-state index in [1.807, 2.05) is 13.8 Å². The molecule has 0 radical (unpaired) electrons. The van der Waals surface area contributed by atoms with Crippen LogP contribution in [0.2, 0.25) is 0 Å². The third-order valence-corrected chi connectivity index (χ3v) is 2.50. The van der Waals surface area contributed by atoms with Crippen molar-refractivity contribution in [2.24, 2.45) is 0 Å². The Hall–Kier alpha value is -0.530. The van der Waals surface area contributed by atoms with E-state index in [9.17, 15) is 4.79 Å². The van der Waals surface area contributed by atoms with Gasteiger partial charge in [-0.2, -0.15) is 0 Å². The van der Waals surface area contributed by atoms with Crippen LogP contribution in [0.5, 0.6) is 0 Å². The van der Waals surface area contributed by atoms with E-state index < -0.39 is 0 Å². The summed E-state index contributed by atoms with van der Waals surface area (Å²) in [5, 5.41) is 0. The summed E-state index contributed by atoms with van der Waals surface area (Å²) in [5.74, 6) is 0. The molecule has 1 fully saturated rings. The van der Waals surface area contributed by atoms with Crippen LogP contribution in [0, 0.1) is 0 Å². The Morgan fingerprint density at radius 1 is 0.938 bits per heavy atom. The highest BCUT2D eigenvalue weighted by Gasteiger charge is 2.06. The summed E-state index contributed by atoms with van der Waals surface area (Å²) in [7, 11) is 0. The van der Waals surface area contributed by atoms with Crippen LogP contribution in [-0.4, -0.2) is 24.4 Å². The summed E-state index contributed by atoms with van der Waals surface area (Å²) in [5.41, 5.74) is 0. The molecule has 1 aliphatic rings. The van der Waals surface area contributed by atoms with Crippen molar-refractivity contribution < 1.29 is 4.79 Å². The van der Waals surface area contributed by atoms with Crippen molar-refractivity contribution in [1.29, 1.82) is 0 Å². The molecule has 0 aliphatic carbocycles. The summed E-state index contributed by atoms with van der Waals surface area (Å²) in [6, 6.07) is 0. The number of carbonyl (C=O) groups excluding carboxylic acids is 1. The zero-order valence-electron chi connectivity index (χ0n) is 11.8. The van der Waals surface area contributed by atoms with Gasteiger partial charge in [-0.05, 0) is 12.8 Å². The molecule has 2 heteroatoms. The monoisotopic (exact) mass is 229 g/mol. The standard InChI is InChI=1S/C7H16.C5H9NO.C2H6/c1-3-5-7-6-4-2;7-5-6-3-1-2-4-6;1-2/h3-7H2,1-2H3;5H,1-4H2;1-2H3. The Morgan fingerprint density at radius 2 is 1.38 bits per heavy atom. The lowest BCUT2D eigenvalue weighted by Gasteiger charge is -2.03. The minimum absolute atomic E-state index is 0.924. The molecule has 0 unspecified atom stereocenters. The number of unbranched alkanes of at least 4 members (excludes halogenated alkanes) is 4. The average molecular weight is 229 g/mol. The van der Waals surface area contributed by atoms with Crippen LogP contribution in [0.15, 0.2) is 0 Å². The number of hydrogen-bond acceptors (Lipinski definition) is 1. The summed E-state index contributed by atoms with van der Waals surface area (Å²) < 4.78 is 0. The van der Waals surface area contributed by atoms with Crippen LogP contribution in [0.1, 0.15) is 72.6 Å². The van der Waals surface area contributed by atoms with Gasteiger partial charge in [-0.25, -0.2) is 0 Å². The molecular weight excluding hydrogens is 198 g/mol. The normalized spacial score (nSPS) is 13.4. The second-order valence-corrected chi connectivity index (χ2v) is 3.91. The highest BCUT2D eigenvalue weighted by molar-refractivity contribution is 5.47. The van der Waals surface area contributed by atoms with Crippen LogP contribution in [0.4, 0.5) is 0 Å². The molecule has 0 atom stereocenters. The van der Waals surface area contributed by atoms with E-state index in [1.165, 1.54) is 44.9 Å². The molecule has 0 N–H and O–H groups in total. The van der Waals surface area contributed by atoms with E-state index in [2.05, 4.69) is 13.8 Å². The van der Waals surface area contributed by atoms with Crippen molar-refractivity contribution >= 4 is 6.41 Å². The molecule has 16 heavy (non-hydrogen) atoms. The molecular formula is C14H31NO. The number of nitrogens with zero attached hydrogens (tertiary/aromatic N) is 1. The van der Waals surface area contributed by atoms with Gasteiger partial charge >= 0.3 is 0 Å². The highest BCUT2D eigenvalue weighted by Crippen LogP contribution is 2.02. The lowest BCUT2D eigenvalue weighted by Crippen LogP contribution is -2.15. The fraction of sp³-hybridized carbons (Fsp3) is 0.929. The van der Waals surface area contributed by atoms with Crippen molar-refractivity contribution in [3.8, 4) is 0 Å². The molecule has 1 rings (SSSR count). The Kier molecular flexibility index (Phi) is 18.8. The first-order valence-electron chi connectivity index (χ1n) is 7.04. The van der Waals surface area contributed by atoms with Crippen molar-refractivity contribution in [1.82, 2.24) is 4.90 Å². The van der Waals surface area contributed by atoms with Gasteiger partial charge in [0, 0.05) is 13.1 Å². The SMILES string of the molecule is CC.CCCCCCC.O=CN1CCCC1. The zero-order valence-corrected chi connectivity index (χ0v) is 11.8. The predicted octanol–water partition coefficient (Wildman–Crippen LogP) is 4.24. The summed E-state index contributed by atoms with van der Waals surface area (Å²) in [4.78, 5) is 11.7. The third-order valence-electron chi connectivity index (χ3n) is 2.50. The number of carbonyl (C=O) groups is 1. The third kappa shape index (κ3) is 13.5. The molecule has 0 bridgehead atoms. The van der Waals surface area contributed by atoms with Crippen LogP contribution in [0.3, 0.4) is 0 Å². The van der Waals surface area contributed by atoms with Gasteiger partial charge in [0.05, 0.1) is 0 Å². The van der Waals surface area contributed by atoms with Gasteiger partial charge in [0.1, 0.15) is 0 Å². The fourth-order valence-corrected chi connectivity index (χ4v) is 1.52. The molecule has 0 aromatic heterocycles. The summed E-state index contributed by atoms with van der Waals surface area (Å²) >= 11 is 0. The first kappa shape index (κ1) is 17.9. The molecule has 0 saturated carbocycles. The molecule has 1 amide bonds. The molecule has 0 aromatic carbocycles. The molecule has 0 spiro atoms. The van der Waals surface area contributed by atoms with Gasteiger partial charge in [-0.1, -0.05) is 59.8 Å². The van der Waals surface area contributed by atoms with Crippen molar-refractivity contribution in [3.05, 3.63) is 0 Å².